The molecule has 156 valence electrons. The molecule has 0 bridgehead atoms. The van der Waals surface area contributed by atoms with Crippen LogP contribution in [0.5, 0.6) is 11.5 Å². The van der Waals surface area contributed by atoms with Crippen LogP contribution in [0.3, 0.4) is 0 Å². The van der Waals surface area contributed by atoms with Gasteiger partial charge in [-0.05, 0) is 55.0 Å². The Morgan fingerprint density at radius 2 is 1.80 bits per heavy atom. The van der Waals surface area contributed by atoms with Crippen molar-refractivity contribution in [3.05, 3.63) is 82.8 Å². The van der Waals surface area contributed by atoms with Crippen molar-refractivity contribution in [3.63, 3.8) is 0 Å². The number of hydrogen-bond donors (Lipinski definition) is 0. The topological polar surface area (TPSA) is 51.9 Å². The van der Waals surface area contributed by atoms with Gasteiger partial charge in [-0.15, -0.1) is 0 Å². The molecule has 1 aliphatic rings. The highest BCUT2D eigenvalue weighted by Crippen LogP contribution is 2.33. The zero-order chi connectivity index (χ0) is 21.3. The van der Waals surface area contributed by atoms with Crippen molar-refractivity contribution in [2.75, 3.05) is 6.79 Å². The van der Waals surface area contributed by atoms with Crippen molar-refractivity contribution in [2.45, 2.75) is 26.2 Å². The minimum atomic E-state index is -4.53. The van der Waals surface area contributed by atoms with Gasteiger partial charge in [-0.3, -0.25) is 4.79 Å². The Morgan fingerprint density at radius 3 is 2.53 bits per heavy atom. The highest BCUT2D eigenvalue weighted by Gasteiger charge is 2.31. The molecule has 0 N–H and O–H groups in total. The molecule has 5 nitrogen and oxygen atoms in total. The summed E-state index contributed by atoms with van der Waals surface area (Å²) in [6, 6.07) is 13.2. The number of carbonyl (C=O) groups is 1. The Labute approximate surface area is 170 Å². The lowest BCUT2D eigenvalue weighted by atomic mass is 10.1. The lowest BCUT2D eigenvalue weighted by Crippen LogP contribution is -2.30. The fourth-order valence-corrected chi connectivity index (χ4v) is 3.23. The maximum atomic E-state index is 13.1. The fraction of sp³-hybridized carbons (Fsp3) is 0.227. The molecule has 0 aliphatic carbocycles. The zero-order valence-corrected chi connectivity index (χ0v) is 16.0. The first-order valence-electron chi connectivity index (χ1n) is 9.20. The number of aryl methyl sites for hydroxylation is 1. The molecule has 0 unspecified atom stereocenters. The van der Waals surface area contributed by atoms with E-state index >= 15 is 0 Å². The van der Waals surface area contributed by atoms with Crippen LogP contribution in [-0.2, 0) is 19.3 Å². The molecular weight excluding hydrogens is 399 g/mol. The predicted molar refractivity (Wildman–Crippen MR) is 101 cm³/mol. The summed E-state index contributed by atoms with van der Waals surface area (Å²) in [6.45, 7) is 2.17. The Hall–Kier alpha value is -3.42. The minimum Gasteiger partial charge on any atom is -0.464 e. The Morgan fingerprint density at radius 1 is 1.00 bits per heavy atom. The van der Waals surface area contributed by atoms with Crippen LogP contribution in [-0.4, -0.2) is 17.6 Å². The third kappa shape index (κ3) is 4.27. The number of amides is 1. The van der Waals surface area contributed by atoms with E-state index in [1.807, 2.05) is 0 Å². The summed E-state index contributed by atoms with van der Waals surface area (Å²) in [4.78, 5) is 14.6. The van der Waals surface area contributed by atoms with Gasteiger partial charge in [-0.2, -0.15) is 13.2 Å². The molecule has 30 heavy (non-hydrogen) atoms. The van der Waals surface area contributed by atoms with Crippen LogP contribution in [0.15, 0.2) is 59.0 Å². The molecule has 2 heterocycles. The number of benzene rings is 2. The summed E-state index contributed by atoms with van der Waals surface area (Å²) in [5.41, 5.74) is -0.165. The molecule has 0 atom stereocenters. The Balaban J connectivity index is 1.63. The zero-order valence-electron chi connectivity index (χ0n) is 16.0. The van der Waals surface area contributed by atoms with Crippen LogP contribution >= 0.6 is 0 Å². The second-order valence-electron chi connectivity index (χ2n) is 6.94. The lowest BCUT2D eigenvalue weighted by Gasteiger charge is -2.22. The summed E-state index contributed by atoms with van der Waals surface area (Å²) < 4.78 is 55.5. The molecule has 0 spiro atoms. The van der Waals surface area contributed by atoms with Gasteiger partial charge in [0.25, 0.3) is 5.91 Å². The van der Waals surface area contributed by atoms with E-state index in [0.29, 0.717) is 23.0 Å². The molecule has 1 aromatic heterocycles. The third-order valence-electron chi connectivity index (χ3n) is 4.68. The summed E-state index contributed by atoms with van der Waals surface area (Å²) in [5, 5.41) is 0. The highest BCUT2D eigenvalue weighted by molar-refractivity contribution is 5.94. The van der Waals surface area contributed by atoms with Gasteiger partial charge in [0.1, 0.15) is 11.5 Å². The van der Waals surface area contributed by atoms with Crippen molar-refractivity contribution >= 4 is 5.91 Å². The number of ether oxygens (including phenoxy) is 2. The van der Waals surface area contributed by atoms with Crippen molar-refractivity contribution in [1.82, 2.24) is 4.90 Å². The largest absolute Gasteiger partial charge is 0.464 e. The van der Waals surface area contributed by atoms with Gasteiger partial charge in [-0.25, -0.2) is 0 Å². The standard InChI is InChI=1S/C22H18F3NO4/c1-14-5-7-18(30-14)12-26(11-15-6-8-19-20(9-15)29-13-28-19)21(27)16-3-2-4-17(10-16)22(23,24)25/h2-10H,11-13H2,1H3. The number of fused-ring (bicyclic) bond motifs is 1. The molecule has 4 rings (SSSR count). The summed E-state index contributed by atoms with van der Waals surface area (Å²) in [7, 11) is 0. The van der Waals surface area contributed by atoms with Crippen LogP contribution in [0.4, 0.5) is 13.2 Å². The molecular formula is C22H18F3NO4. The molecule has 0 fully saturated rings. The van der Waals surface area contributed by atoms with E-state index in [0.717, 1.165) is 17.7 Å². The van der Waals surface area contributed by atoms with E-state index in [4.69, 9.17) is 13.9 Å². The first kappa shape index (κ1) is 19.9. The minimum absolute atomic E-state index is 0.0474. The van der Waals surface area contributed by atoms with Gasteiger partial charge in [0.2, 0.25) is 6.79 Å². The summed E-state index contributed by atoms with van der Waals surface area (Å²) in [6.07, 6.45) is -4.53. The van der Waals surface area contributed by atoms with Gasteiger partial charge in [0.15, 0.2) is 11.5 Å². The third-order valence-corrected chi connectivity index (χ3v) is 4.68. The number of hydrogen-bond acceptors (Lipinski definition) is 4. The van der Waals surface area contributed by atoms with Gasteiger partial charge in [-0.1, -0.05) is 12.1 Å². The van der Waals surface area contributed by atoms with E-state index in [-0.39, 0.29) is 25.4 Å². The normalized spacial score (nSPS) is 12.8. The molecule has 8 heteroatoms. The number of halogens is 3. The van der Waals surface area contributed by atoms with Crippen LogP contribution < -0.4 is 9.47 Å². The average molecular weight is 417 g/mol. The molecule has 3 aromatic rings. The first-order chi connectivity index (χ1) is 14.3. The van der Waals surface area contributed by atoms with Gasteiger partial charge < -0.3 is 18.8 Å². The number of nitrogens with zero attached hydrogens (tertiary/aromatic N) is 1. The van der Waals surface area contributed by atoms with E-state index in [2.05, 4.69) is 0 Å². The van der Waals surface area contributed by atoms with Gasteiger partial charge in [0, 0.05) is 12.1 Å². The predicted octanol–water partition coefficient (Wildman–Crippen LogP) is 5.18. The van der Waals surface area contributed by atoms with Crippen LogP contribution in [0, 0.1) is 6.92 Å². The van der Waals surface area contributed by atoms with Crippen LogP contribution in [0.1, 0.15) is 33.0 Å². The molecule has 0 radical (unpaired) electrons. The molecule has 0 saturated carbocycles. The van der Waals surface area contributed by atoms with Crippen LogP contribution in [0.2, 0.25) is 0 Å². The molecule has 1 amide bonds. The smallest absolute Gasteiger partial charge is 0.416 e. The SMILES string of the molecule is Cc1ccc(CN(Cc2ccc3c(c2)OCO3)C(=O)c2cccc(C(F)(F)F)c2)o1. The number of rotatable bonds is 5. The van der Waals surface area contributed by atoms with Gasteiger partial charge >= 0.3 is 6.18 Å². The first-order valence-corrected chi connectivity index (χ1v) is 9.20. The Kier molecular flexibility index (Phi) is 5.15. The molecule has 2 aromatic carbocycles. The van der Waals surface area contributed by atoms with E-state index < -0.39 is 17.6 Å². The number of alkyl halides is 3. The van der Waals surface area contributed by atoms with E-state index in [1.54, 1.807) is 37.3 Å². The maximum Gasteiger partial charge on any atom is 0.416 e. The quantitative estimate of drug-likeness (QED) is 0.574. The van der Waals surface area contributed by atoms with Crippen molar-refractivity contribution in [2.24, 2.45) is 0 Å². The van der Waals surface area contributed by atoms with Crippen molar-refractivity contribution < 1.29 is 31.9 Å². The summed E-state index contributed by atoms with van der Waals surface area (Å²) >= 11 is 0. The highest BCUT2D eigenvalue weighted by atomic mass is 19.4. The summed E-state index contributed by atoms with van der Waals surface area (Å²) in [5.74, 6) is 1.85. The van der Waals surface area contributed by atoms with Crippen molar-refractivity contribution in [1.29, 1.82) is 0 Å². The van der Waals surface area contributed by atoms with E-state index in [9.17, 15) is 18.0 Å². The molecule has 0 saturated heterocycles. The number of furan rings is 1. The maximum absolute atomic E-state index is 13.1. The van der Waals surface area contributed by atoms with Gasteiger partial charge in [0.05, 0.1) is 12.1 Å². The average Bonchev–Trinajstić information content (AvgIpc) is 3.34. The monoisotopic (exact) mass is 417 g/mol. The van der Waals surface area contributed by atoms with E-state index in [1.165, 1.54) is 17.0 Å². The Bertz CT molecular complexity index is 1070. The second kappa shape index (κ2) is 7.78. The molecule has 1 aliphatic heterocycles. The second-order valence-corrected chi connectivity index (χ2v) is 6.94. The fourth-order valence-electron chi connectivity index (χ4n) is 3.23. The lowest BCUT2D eigenvalue weighted by molar-refractivity contribution is -0.137. The van der Waals surface area contributed by atoms with Crippen LogP contribution in [0.25, 0.3) is 0 Å². The number of carbonyl (C=O) groups excluding carboxylic acids is 1. The van der Waals surface area contributed by atoms with Crippen molar-refractivity contribution in [3.8, 4) is 11.5 Å².